The number of halogens is 3. The molecule has 0 unspecified atom stereocenters. The highest BCUT2D eigenvalue weighted by molar-refractivity contribution is 5.91. The Labute approximate surface area is 177 Å². The average molecular weight is 430 g/mol. The van der Waals surface area contributed by atoms with Crippen LogP contribution in [0.15, 0.2) is 60.7 Å². The Morgan fingerprint density at radius 1 is 0.867 bits per heavy atom. The number of methoxy groups -OCH3 is 2. The van der Waals surface area contributed by atoms with E-state index in [1.807, 2.05) is 30.3 Å². The molecule has 1 aromatic heterocycles. The number of carbonyl (C=O) groups is 1. The number of H-pyrrole nitrogens is 1. The van der Waals surface area contributed by atoms with E-state index in [9.17, 15) is 13.6 Å². The highest BCUT2D eigenvalue weighted by Crippen LogP contribution is 2.35. The fourth-order valence-electron chi connectivity index (χ4n) is 3.29. The van der Waals surface area contributed by atoms with Crippen LogP contribution in [0.1, 0.15) is 10.4 Å². The van der Waals surface area contributed by atoms with Gasteiger partial charge in [-0.2, -0.15) is 0 Å². The van der Waals surface area contributed by atoms with E-state index in [2.05, 4.69) is 4.98 Å². The minimum absolute atomic E-state index is 0. The van der Waals surface area contributed by atoms with Gasteiger partial charge in [-0.05, 0) is 53.6 Å². The number of esters is 1. The summed E-state index contributed by atoms with van der Waals surface area (Å²) in [6.45, 7) is 0. The van der Waals surface area contributed by atoms with Gasteiger partial charge in [0.15, 0.2) is 11.6 Å². The van der Waals surface area contributed by atoms with Gasteiger partial charge in [0.1, 0.15) is 5.75 Å². The monoisotopic (exact) mass is 429 g/mol. The molecule has 0 fully saturated rings. The topological polar surface area (TPSA) is 51.3 Å². The Kier molecular flexibility index (Phi) is 6.08. The molecule has 0 amide bonds. The Morgan fingerprint density at radius 3 is 2.20 bits per heavy atom. The number of ether oxygens (including phenoxy) is 2. The van der Waals surface area contributed by atoms with Crippen molar-refractivity contribution >= 4 is 29.3 Å². The summed E-state index contributed by atoms with van der Waals surface area (Å²) in [5, 5.41) is 0.582. The molecule has 7 heteroatoms. The van der Waals surface area contributed by atoms with E-state index >= 15 is 0 Å². The third-order valence-electron chi connectivity index (χ3n) is 4.79. The van der Waals surface area contributed by atoms with Crippen LogP contribution in [0.25, 0.3) is 33.3 Å². The third kappa shape index (κ3) is 3.86. The molecule has 154 valence electrons. The van der Waals surface area contributed by atoms with Crippen LogP contribution in [-0.4, -0.2) is 25.2 Å². The normalized spacial score (nSPS) is 10.5. The molecule has 1 heterocycles. The van der Waals surface area contributed by atoms with Gasteiger partial charge in [0.25, 0.3) is 0 Å². The predicted molar refractivity (Wildman–Crippen MR) is 114 cm³/mol. The van der Waals surface area contributed by atoms with Crippen molar-refractivity contribution in [2.45, 2.75) is 0 Å². The van der Waals surface area contributed by atoms with Crippen LogP contribution in [0.4, 0.5) is 8.78 Å². The molecule has 0 aliphatic heterocycles. The van der Waals surface area contributed by atoms with Crippen molar-refractivity contribution in [3.63, 3.8) is 0 Å². The molecule has 4 nitrogen and oxygen atoms in total. The molecule has 0 bridgehead atoms. The van der Waals surface area contributed by atoms with E-state index < -0.39 is 17.6 Å². The summed E-state index contributed by atoms with van der Waals surface area (Å²) in [5.41, 5.74) is 4.18. The first-order valence-electron chi connectivity index (χ1n) is 8.85. The van der Waals surface area contributed by atoms with Gasteiger partial charge >= 0.3 is 5.97 Å². The quantitative estimate of drug-likeness (QED) is 0.405. The van der Waals surface area contributed by atoms with E-state index in [0.717, 1.165) is 28.5 Å². The van der Waals surface area contributed by atoms with Crippen molar-refractivity contribution in [2.75, 3.05) is 14.2 Å². The number of aromatic nitrogens is 1. The molecule has 1 N–H and O–H groups in total. The zero-order valence-corrected chi connectivity index (χ0v) is 17.0. The van der Waals surface area contributed by atoms with Crippen LogP contribution < -0.4 is 4.74 Å². The molecule has 0 spiro atoms. The Morgan fingerprint density at radius 2 is 1.53 bits per heavy atom. The molecule has 4 aromatic rings. The van der Waals surface area contributed by atoms with Crippen molar-refractivity contribution in [1.82, 2.24) is 4.98 Å². The van der Waals surface area contributed by atoms with Crippen LogP contribution in [-0.2, 0) is 4.74 Å². The van der Waals surface area contributed by atoms with Crippen molar-refractivity contribution in [3.05, 3.63) is 77.9 Å². The first-order chi connectivity index (χ1) is 14.0. The predicted octanol–water partition coefficient (Wildman–Crippen LogP) is 6.00. The number of rotatable bonds is 4. The molecule has 30 heavy (non-hydrogen) atoms. The molecule has 0 saturated heterocycles. The van der Waals surface area contributed by atoms with Gasteiger partial charge in [-0.1, -0.05) is 12.1 Å². The molecule has 4 rings (SSSR count). The summed E-state index contributed by atoms with van der Waals surface area (Å²) in [4.78, 5) is 14.8. The van der Waals surface area contributed by atoms with Gasteiger partial charge < -0.3 is 14.5 Å². The highest BCUT2D eigenvalue weighted by atomic mass is 35.5. The van der Waals surface area contributed by atoms with Gasteiger partial charge in [0.2, 0.25) is 0 Å². The molecule has 0 aliphatic carbocycles. The second-order valence-electron chi connectivity index (χ2n) is 6.52. The standard InChI is InChI=1S/C23H17F2NO3.ClH/c1-28-22-8-7-15(20-11-16-10-18(24)19(25)12-21(16)26-20)9-17(22)13-3-5-14(6-4-13)23(27)29-2;/h3-12,26H,1-2H3;1H. The van der Waals surface area contributed by atoms with Crippen LogP contribution in [0, 0.1) is 11.6 Å². The zero-order chi connectivity index (χ0) is 20.5. The smallest absolute Gasteiger partial charge is 0.337 e. The number of hydrogen-bond donors (Lipinski definition) is 1. The van der Waals surface area contributed by atoms with Crippen LogP contribution >= 0.6 is 12.4 Å². The maximum atomic E-state index is 13.5. The fraction of sp³-hybridized carbons (Fsp3) is 0.0870. The number of hydrogen-bond acceptors (Lipinski definition) is 3. The second kappa shape index (κ2) is 8.55. The van der Waals surface area contributed by atoms with Gasteiger partial charge in [0.05, 0.1) is 19.8 Å². The number of carbonyl (C=O) groups excluding carboxylic acids is 1. The summed E-state index contributed by atoms with van der Waals surface area (Å²) in [6, 6.07) is 16.7. The number of benzene rings is 3. The Hall–Kier alpha value is -3.38. The van der Waals surface area contributed by atoms with Crippen molar-refractivity contribution in [2.24, 2.45) is 0 Å². The SMILES string of the molecule is COC(=O)c1ccc(-c2cc(-c3cc4cc(F)c(F)cc4[nH]3)ccc2OC)cc1.Cl. The molecular weight excluding hydrogens is 412 g/mol. The van der Waals surface area contributed by atoms with E-state index in [1.165, 1.54) is 13.2 Å². The third-order valence-corrected chi connectivity index (χ3v) is 4.79. The van der Waals surface area contributed by atoms with E-state index in [1.54, 1.807) is 25.3 Å². The van der Waals surface area contributed by atoms with Crippen molar-refractivity contribution in [1.29, 1.82) is 0 Å². The molecule has 0 aliphatic rings. The average Bonchev–Trinajstić information content (AvgIpc) is 3.15. The molecule has 0 atom stereocenters. The molecule has 0 radical (unpaired) electrons. The summed E-state index contributed by atoms with van der Waals surface area (Å²) in [6.07, 6.45) is 0. The van der Waals surface area contributed by atoms with Gasteiger partial charge in [-0.3, -0.25) is 0 Å². The van der Waals surface area contributed by atoms with Gasteiger partial charge in [-0.25, -0.2) is 13.6 Å². The lowest BCUT2D eigenvalue weighted by Gasteiger charge is -2.11. The first-order valence-corrected chi connectivity index (χ1v) is 8.85. The second-order valence-corrected chi connectivity index (χ2v) is 6.52. The summed E-state index contributed by atoms with van der Waals surface area (Å²) >= 11 is 0. The maximum Gasteiger partial charge on any atom is 0.337 e. The van der Waals surface area contributed by atoms with E-state index in [0.29, 0.717) is 22.2 Å². The first kappa shape index (κ1) is 21.3. The van der Waals surface area contributed by atoms with E-state index in [4.69, 9.17) is 9.47 Å². The lowest BCUT2D eigenvalue weighted by molar-refractivity contribution is 0.0600. The number of nitrogens with one attached hydrogen (secondary N) is 1. The van der Waals surface area contributed by atoms with E-state index in [-0.39, 0.29) is 12.4 Å². The zero-order valence-electron chi connectivity index (χ0n) is 16.2. The van der Waals surface area contributed by atoms with Crippen LogP contribution in [0.3, 0.4) is 0 Å². The fourth-order valence-corrected chi connectivity index (χ4v) is 3.29. The summed E-state index contributed by atoms with van der Waals surface area (Å²) in [7, 11) is 2.91. The Balaban J connectivity index is 0.00000256. The lowest BCUT2D eigenvalue weighted by atomic mass is 9.99. The van der Waals surface area contributed by atoms with Gasteiger partial charge in [-0.15, -0.1) is 12.4 Å². The maximum absolute atomic E-state index is 13.5. The summed E-state index contributed by atoms with van der Waals surface area (Å²) < 4.78 is 37.2. The van der Waals surface area contributed by atoms with Crippen molar-refractivity contribution < 1.29 is 23.0 Å². The summed E-state index contributed by atoms with van der Waals surface area (Å²) in [5.74, 6) is -1.53. The lowest BCUT2D eigenvalue weighted by Crippen LogP contribution is -2.00. The Bertz CT molecular complexity index is 1180. The molecule has 0 saturated carbocycles. The number of aromatic amines is 1. The number of fused-ring (bicyclic) bond motifs is 1. The largest absolute Gasteiger partial charge is 0.496 e. The van der Waals surface area contributed by atoms with Crippen LogP contribution in [0.5, 0.6) is 5.75 Å². The van der Waals surface area contributed by atoms with Crippen LogP contribution in [0.2, 0.25) is 0 Å². The molecular formula is C23H18ClF2NO3. The van der Waals surface area contributed by atoms with Crippen molar-refractivity contribution in [3.8, 4) is 28.1 Å². The highest BCUT2D eigenvalue weighted by Gasteiger charge is 2.13. The van der Waals surface area contributed by atoms with Gasteiger partial charge in [0, 0.05) is 28.2 Å². The minimum atomic E-state index is -0.896. The molecule has 3 aromatic carbocycles. The minimum Gasteiger partial charge on any atom is -0.496 e.